The van der Waals surface area contributed by atoms with Gasteiger partial charge in [-0.05, 0) is 24.5 Å². The van der Waals surface area contributed by atoms with Crippen LogP contribution in [0, 0.1) is 11.3 Å². The Kier molecular flexibility index (Phi) is 2.92. The molecular formula is C16H14N2O. The molecule has 0 saturated heterocycles. The van der Waals surface area contributed by atoms with E-state index >= 15 is 0 Å². The Balaban J connectivity index is 2.18. The van der Waals surface area contributed by atoms with Crippen LogP contribution in [0.5, 0.6) is 0 Å². The summed E-state index contributed by atoms with van der Waals surface area (Å²) in [7, 11) is 0. The molecular weight excluding hydrogens is 236 g/mol. The summed E-state index contributed by atoms with van der Waals surface area (Å²) in [6, 6.07) is 16.0. The van der Waals surface area contributed by atoms with E-state index in [2.05, 4.69) is 6.07 Å². The second-order valence-electron chi connectivity index (χ2n) is 4.85. The van der Waals surface area contributed by atoms with Crippen LogP contribution >= 0.6 is 0 Å². The first-order valence-electron chi connectivity index (χ1n) is 6.48. The van der Waals surface area contributed by atoms with E-state index in [1.54, 1.807) is 6.07 Å². The van der Waals surface area contributed by atoms with Crippen LogP contribution in [0.25, 0.3) is 11.3 Å². The molecule has 1 aliphatic rings. The molecule has 3 rings (SSSR count). The third-order valence-electron chi connectivity index (χ3n) is 3.45. The first kappa shape index (κ1) is 11.7. The zero-order chi connectivity index (χ0) is 13.2. The predicted molar refractivity (Wildman–Crippen MR) is 73.7 cm³/mol. The maximum absolute atomic E-state index is 12.4. The van der Waals surface area contributed by atoms with Crippen LogP contribution in [0.4, 0.5) is 0 Å². The first-order valence-corrected chi connectivity index (χ1v) is 6.48. The van der Waals surface area contributed by atoms with Gasteiger partial charge in [-0.25, -0.2) is 0 Å². The van der Waals surface area contributed by atoms with Crippen molar-refractivity contribution in [2.45, 2.75) is 25.3 Å². The summed E-state index contributed by atoms with van der Waals surface area (Å²) in [6.45, 7) is 0. The molecule has 3 nitrogen and oxygen atoms in total. The smallest absolute Gasteiger partial charge is 0.255 e. The number of rotatable bonds is 3. The van der Waals surface area contributed by atoms with Crippen molar-refractivity contribution in [1.29, 1.82) is 5.26 Å². The van der Waals surface area contributed by atoms with Crippen molar-refractivity contribution >= 4 is 0 Å². The summed E-state index contributed by atoms with van der Waals surface area (Å²) < 4.78 is 1.86. The van der Waals surface area contributed by atoms with Gasteiger partial charge < -0.3 is 4.57 Å². The highest BCUT2D eigenvalue weighted by Gasteiger charge is 2.27. The number of benzene rings is 1. The summed E-state index contributed by atoms with van der Waals surface area (Å²) in [6.07, 6.45) is 2.28. The van der Waals surface area contributed by atoms with Crippen molar-refractivity contribution in [3.63, 3.8) is 0 Å². The molecule has 1 saturated carbocycles. The highest BCUT2D eigenvalue weighted by Crippen LogP contribution is 2.37. The zero-order valence-electron chi connectivity index (χ0n) is 10.5. The Morgan fingerprint density at radius 3 is 2.53 bits per heavy atom. The van der Waals surface area contributed by atoms with Gasteiger partial charge >= 0.3 is 0 Å². The maximum Gasteiger partial charge on any atom is 0.255 e. The fourth-order valence-corrected chi connectivity index (χ4v) is 2.35. The minimum atomic E-state index is -0.00889. The highest BCUT2D eigenvalue weighted by molar-refractivity contribution is 5.60. The van der Waals surface area contributed by atoms with Gasteiger partial charge in [0.05, 0.1) is 18.2 Å². The third kappa shape index (κ3) is 2.17. The van der Waals surface area contributed by atoms with E-state index in [-0.39, 0.29) is 12.0 Å². The van der Waals surface area contributed by atoms with E-state index in [9.17, 15) is 4.79 Å². The topological polar surface area (TPSA) is 45.8 Å². The van der Waals surface area contributed by atoms with Crippen molar-refractivity contribution in [3.8, 4) is 17.3 Å². The van der Waals surface area contributed by atoms with Crippen molar-refractivity contribution in [3.05, 3.63) is 58.4 Å². The lowest BCUT2D eigenvalue weighted by atomic mass is 10.1. The molecule has 0 unspecified atom stereocenters. The van der Waals surface area contributed by atoms with Crippen LogP contribution in [0.2, 0.25) is 0 Å². The van der Waals surface area contributed by atoms with Gasteiger partial charge in [0, 0.05) is 11.6 Å². The van der Waals surface area contributed by atoms with Gasteiger partial charge in [0.25, 0.3) is 5.56 Å². The molecule has 0 amide bonds. The zero-order valence-corrected chi connectivity index (χ0v) is 10.5. The number of pyridine rings is 1. The molecule has 0 spiro atoms. The van der Waals surface area contributed by atoms with Crippen molar-refractivity contribution in [2.24, 2.45) is 0 Å². The molecule has 0 N–H and O–H groups in total. The summed E-state index contributed by atoms with van der Waals surface area (Å²) in [5, 5.41) is 8.78. The van der Waals surface area contributed by atoms with Gasteiger partial charge in [-0.1, -0.05) is 36.4 Å². The fraction of sp³-hybridized carbons (Fsp3) is 0.250. The molecule has 0 aliphatic heterocycles. The van der Waals surface area contributed by atoms with Crippen LogP contribution in [0.1, 0.15) is 24.4 Å². The van der Waals surface area contributed by atoms with E-state index in [4.69, 9.17) is 5.26 Å². The Morgan fingerprint density at radius 1 is 1.16 bits per heavy atom. The van der Waals surface area contributed by atoms with Gasteiger partial charge in [0.1, 0.15) is 0 Å². The monoisotopic (exact) mass is 250 g/mol. The first-order chi connectivity index (χ1) is 9.31. The van der Waals surface area contributed by atoms with Crippen LogP contribution in [-0.4, -0.2) is 4.57 Å². The number of hydrogen-bond donors (Lipinski definition) is 0. The molecule has 2 aromatic rings. The van der Waals surface area contributed by atoms with Gasteiger partial charge in [-0.15, -0.1) is 0 Å². The molecule has 19 heavy (non-hydrogen) atoms. The van der Waals surface area contributed by atoms with E-state index in [0.29, 0.717) is 11.6 Å². The Hall–Kier alpha value is -2.34. The lowest BCUT2D eigenvalue weighted by Crippen LogP contribution is -2.24. The largest absolute Gasteiger partial charge is 0.305 e. The molecule has 0 bridgehead atoms. The molecule has 3 heteroatoms. The van der Waals surface area contributed by atoms with Crippen molar-refractivity contribution in [1.82, 2.24) is 4.57 Å². The average molecular weight is 250 g/mol. The lowest BCUT2D eigenvalue weighted by Gasteiger charge is -2.13. The summed E-state index contributed by atoms with van der Waals surface area (Å²) >= 11 is 0. The molecule has 1 heterocycles. The minimum absolute atomic E-state index is 0.00889. The van der Waals surface area contributed by atoms with E-state index in [1.807, 2.05) is 41.0 Å². The van der Waals surface area contributed by atoms with Gasteiger partial charge in [-0.3, -0.25) is 4.79 Å². The second-order valence-corrected chi connectivity index (χ2v) is 4.85. The van der Waals surface area contributed by atoms with E-state index < -0.39 is 0 Å². The lowest BCUT2D eigenvalue weighted by molar-refractivity contribution is 0.708. The number of aromatic nitrogens is 1. The van der Waals surface area contributed by atoms with Gasteiger partial charge in [0.15, 0.2) is 0 Å². The molecule has 94 valence electrons. The van der Waals surface area contributed by atoms with Crippen LogP contribution in [0.15, 0.2) is 47.3 Å². The molecule has 1 aliphatic carbocycles. The van der Waals surface area contributed by atoms with Crippen LogP contribution in [-0.2, 0) is 6.42 Å². The molecule has 1 aromatic heterocycles. The quantitative estimate of drug-likeness (QED) is 0.840. The Bertz CT molecular complexity index is 691. The van der Waals surface area contributed by atoms with Crippen LogP contribution in [0.3, 0.4) is 0 Å². The second kappa shape index (κ2) is 4.74. The summed E-state index contributed by atoms with van der Waals surface area (Å²) in [5.41, 5.74) is 2.59. The third-order valence-corrected chi connectivity index (χ3v) is 3.45. The predicted octanol–water partition coefficient (Wildman–Crippen LogP) is 2.92. The maximum atomic E-state index is 12.4. The molecule has 0 atom stereocenters. The summed E-state index contributed by atoms with van der Waals surface area (Å²) in [4.78, 5) is 12.4. The van der Waals surface area contributed by atoms with Crippen molar-refractivity contribution < 1.29 is 0 Å². The normalized spacial score (nSPS) is 14.1. The van der Waals surface area contributed by atoms with E-state index in [1.165, 1.54) is 0 Å². The van der Waals surface area contributed by atoms with Crippen molar-refractivity contribution in [2.75, 3.05) is 0 Å². The number of nitriles is 1. The Morgan fingerprint density at radius 2 is 1.89 bits per heavy atom. The number of hydrogen-bond acceptors (Lipinski definition) is 2. The number of nitrogens with zero attached hydrogens (tertiary/aromatic N) is 2. The van der Waals surface area contributed by atoms with Gasteiger partial charge in [0.2, 0.25) is 0 Å². The minimum Gasteiger partial charge on any atom is -0.305 e. The summed E-state index contributed by atoms with van der Waals surface area (Å²) in [5.74, 6) is 0. The van der Waals surface area contributed by atoms with Crippen LogP contribution < -0.4 is 5.56 Å². The highest BCUT2D eigenvalue weighted by atomic mass is 16.1. The standard InChI is InChI=1S/C16H14N2O/c17-11-10-13-6-9-15(12-4-2-1-3-5-12)18(16(13)19)14-7-8-14/h1-6,9,14H,7-8,10H2. The molecule has 0 radical (unpaired) electrons. The molecule has 1 aromatic carbocycles. The average Bonchev–Trinajstić information content (AvgIpc) is 3.26. The van der Waals surface area contributed by atoms with Gasteiger partial charge in [-0.2, -0.15) is 5.26 Å². The van der Waals surface area contributed by atoms with E-state index in [0.717, 1.165) is 24.1 Å². The molecule has 1 fully saturated rings. The Labute approximate surface area is 111 Å². The SMILES string of the molecule is N#CCc1ccc(-c2ccccc2)n(C2CC2)c1=O. The fourth-order valence-electron chi connectivity index (χ4n) is 2.35.